The van der Waals surface area contributed by atoms with Gasteiger partial charge in [-0.05, 0) is 31.1 Å². The molecular weight excluding hydrogens is 252 g/mol. The first-order valence-electron chi connectivity index (χ1n) is 8.19. The molecule has 0 aromatic rings. The zero-order chi connectivity index (χ0) is 14.7. The van der Waals surface area contributed by atoms with E-state index in [2.05, 4.69) is 12.2 Å². The van der Waals surface area contributed by atoms with E-state index in [9.17, 15) is 9.59 Å². The second-order valence-corrected chi connectivity index (χ2v) is 6.41. The van der Waals surface area contributed by atoms with Crippen LogP contribution >= 0.6 is 0 Å². The number of nitrogens with one attached hydrogen (secondary N) is 1. The fourth-order valence-corrected chi connectivity index (χ4v) is 3.03. The van der Waals surface area contributed by atoms with Crippen molar-refractivity contribution in [1.82, 2.24) is 10.2 Å². The van der Waals surface area contributed by atoms with Gasteiger partial charge < -0.3 is 10.2 Å². The maximum Gasteiger partial charge on any atom is 0.246 e. The van der Waals surface area contributed by atoms with Crippen molar-refractivity contribution >= 4 is 11.8 Å². The van der Waals surface area contributed by atoms with Crippen LogP contribution in [-0.2, 0) is 9.59 Å². The molecule has 0 aromatic carbocycles. The van der Waals surface area contributed by atoms with E-state index in [0.29, 0.717) is 6.42 Å². The maximum atomic E-state index is 12.6. The summed E-state index contributed by atoms with van der Waals surface area (Å²) in [5.74, 6) is 1.25. The Kier molecular flexibility index (Phi) is 5.06. The maximum absolute atomic E-state index is 12.6. The van der Waals surface area contributed by atoms with Gasteiger partial charge in [0, 0.05) is 6.54 Å². The van der Waals surface area contributed by atoms with Crippen LogP contribution in [0.1, 0.15) is 59.3 Å². The molecule has 2 fully saturated rings. The molecule has 1 N–H and O–H groups in total. The van der Waals surface area contributed by atoms with Crippen LogP contribution in [0.3, 0.4) is 0 Å². The zero-order valence-electron chi connectivity index (χ0n) is 13.0. The van der Waals surface area contributed by atoms with E-state index < -0.39 is 0 Å². The molecule has 2 rings (SSSR count). The molecular formula is C16H28N2O2. The first kappa shape index (κ1) is 15.3. The Balaban J connectivity index is 2.01. The summed E-state index contributed by atoms with van der Waals surface area (Å²) in [6.45, 7) is 6.83. The van der Waals surface area contributed by atoms with E-state index in [1.54, 1.807) is 0 Å². The first-order chi connectivity index (χ1) is 9.58. The molecule has 0 aromatic heterocycles. The minimum absolute atomic E-state index is 0.0313. The summed E-state index contributed by atoms with van der Waals surface area (Å²) in [6, 6.07) is -0.585. The van der Waals surface area contributed by atoms with E-state index in [1.165, 1.54) is 19.3 Å². The largest absolute Gasteiger partial charge is 0.342 e. The quantitative estimate of drug-likeness (QED) is 0.778. The second kappa shape index (κ2) is 6.59. The zero-order valence-corrected chi connectivity index (χ0v) is 13.0. The minimum atomic E-state index is -0.323. The Morgan fingerprint density at radius 3 is 2.55 bits per heavy atom. The SMILES string of the molecule is CCC(C)C1NC(=O)C(CC)N(CCCC2CC2)C1=O. The average Bonchev–Trinajstić information content (AvgIpc) is 3.25. The Hall–Kier alpha value is -1.06. The number of hydrogen-bond donors (Lipinski definition) is 1. The van der Waals surface area contributed by atoms with Crippen molar-refractivity contribution in [2.45, 2.75) is 71.4 Å². The molecule has 3 atom stereocenters. The van der Waals surface area contributed by atoms with Crippen molar-refractivity contribution in [3.05, 3.63) is 0 Å². The standard InChI is InChI=1S/C16H28N2O2/c1-4-11(3)14-16(20)18(10-6-7-12-8-9-12)13(5-2)15(19)17-14/h11-14H,4-10H2,1-3H3,(H,17,19). The van der Waals surface area contributed by atoms with Crippen LogP contribution in [0.2, 0.25) is 0 Å². The van der Waals surface area contributed by atoms with Gasteiger partial charge in [-0.2, -0.15) is 0 Å². The molecule has 114 valence electrons. The molecule has 20 heavy (non-hydrogen) atoms. The predicted octanol–water partition coefficient (Wildman–Crippen LogP) is 2.33. The number of carbonyl (C=O) groups excluding carboxylic acids is 2. The van der Waals surface area contributed by atoms with Gasteiger partial charge in [-0.15, -0.1) is 0 Å². The van der Waals surface area contributed by atoms with Gasteiger partial charge in [-0.1, -0.05) is 40.0 Å². The van der Waals surface area contributed by atoms with Crippen molar-refractivity contribution in [2.24, 2.45) is 11.8 Å². The van der Waals surface area contributed by atoms with Crippen molar-refractivity contribution in [3.8, 4) is 0 Å². The van der Waals surface area contributed by atoms with Crippen LogP contribution in [0.15, 0.2) is 0 Å². The Morgan fingerprint density at radius 2 is 2.00 bits per heavy atom. The van der Waals surface area contributed by atoms with Gasteiger partial charge >= 0.3 is 0 Å². The first-order valence-corrected chi connectivity index (χ1v) is 8.19. The Morgan fingerprint density at radius 1 is 1.30 bits per heavy atom. The molecule has 1 saturated carbocycles. The van der Waals surface area contributed by atoms with Crippen LogP contribution in [0.25, 0.3) is 0 Å². The van der Waals surface area contributed by atoms with E-state index >= 15 is 0 Å². The van der Waals surface area contributed by atoms with Gasteiger partial charge in [0.05, 0.1) is 0 Å². The van der Waals surface area contributed by atoms with Gasteiger partial charge in [0.15, 0.2) is 0 Å². The molecule has 1 aliphatic heterocycles. The lowest BCUT2D eigenvalue weighted by Gasteiger charge is -2.40. The van der Waals surface area contributed by atoms with Gasteiger partial charge in [-0.25, -0.2) is 0 Å². The molecule has 1 aliphatic carbocycles. The number of nitrogens with zero attached hydrogens (tertiary/aromatic N) is 1. The third-order valence-electron chi connectivity index (χ3n) is 4.83. The van der Waals surface area contributed by atoms with Crippen molar-refractivity contribution in [1.29, 1.82) is 0 Å². The second-order valence-electron chi connectivity index (χ2n) is 6.41. The van der Waals surface area contributed by atoms with Crippen LogP contribution in [0.4, 0.5) is 0 Å². The van der Waals surface area contributed by atoms with Crippen molar-refractivity contribution < 1.29 is 9.59 Å². The van der Waals surface area contributed by atoms with Crippen LogP contribution in [-0.4, -0.2) is 35.3 Å². The van der Waals surface area contributed by atoms with E-state index in [0.717, 1.165) is 25.3 Å². The summed E-state index contributed by atoms with van der Waals surface area (Å²) in [4.78, 5) is 26.7. The van der Waals surface area contributed by atoms with Crippen LogP contribution in [0.5, 0.6) is 0 Å². The van der Waals surface area contributed by atoms with E-state index in [4.69, 9.17) is 0 Å². The molecule has 0 radical (unpaired) electrons. The Bertz CT molecular complexity index is 365. The number of amides is 2. The third kappa shape index (κ3) is 3.33. The molecule has 1 heterocycles. The van der Waals surface area contributed by atoms with Crippen LogP contribution < -0.4 is 5.32 Å². The smallest absolute Gasteiger partial charge is 0.246 e. The Labute approximate surface area is 122 Å². The highest BCUT2D eigenvalue weighted by molar-refractivity contribution is 5.97. The number of hydrogen-bond acceptors (Lipinski definition) is 2. The minimum Gasteiger partial charge on any atom is -0.342 e. The molecule has 1 saturated heterocycles. The molecule has 2 aliphatic rings. The van der Waals surface area contributed by atoms with Gasteiger partial charge in [0.1, 0.15) is 12.1 Å². The monoisotopic (exact) mass is 280 g/mol. The number of piperazine rings is 1. The number of rotatable bonds is 7. The summed E-state index contributed by atoms with van der Waals surface area (Å²) in [5.41, 5.74) is 0. The number of carbonyl (C=O) groups is 2. The fourth-order valence-electron chi connectivity index (χ4n) is 3.03. The van der Waals surface area contributed by atoms with Gasteiger partial charge in [0.2, 0.25) is 11.8 Å². The normalized spacial score (nSPS) is 28.4. The molecule has 3 unspecified atom stereocenters. The predicted molar refractivity (Wildman–Crippen MR) is 79.1 cm³/mol. The third-order valence-corrected chi connectivity index (χ3v) is 4.83. The van der Waals surface area contributed by atoms with E-state index in [-0.39, 0.29) is 29.8 Å². The molecule has 4 nitrogen and oxygen atoms in total. The lowest BCUT2D eigenvalue weighted by atomic mass is 9.93. The summed E-state index contributed by atoms with van der Waals surface area (Å²) >= 11 is 0. The molecule has 0 spiro atoms. The lowest BCUT2D eigenvalue weighted by Crippen LogP contribution is -2.64. The van der Waals surface area contributed by atoms with Gasteiger partial charge in [-0.3, -0.25) is 9.59 Å². The summed E-state index contributed by atoms with van der Waals surface area (Å²) in [5, 5.41) is 2.93. The lowest BCUT2D eigenvalue weighted by molar-refractivity contribution is -0.151. The highest BCUT2D eigenvalue weighted by Gasteiger charge is 2.41. The summed E-state index contributed by atoms with van der Waals surface area (Å²) < 4.78 is 0. The topological polar surface area (TPSA) is 49.4 Å². The molecule has 4 heteroatoms. The van der Waals surface area contributed by atoms with Gasteiger partial charge in [0.25, 0.3) is 0 Å². The summed E-state index contributed by atoms with van der Waals surface area (Å²) in [7, 11) is 0. The van der Waals surface area contributed by atoms with E-state index in [1.807, 2.05) is 18.7 Å². The van der Waals surface area contributed by atoms with Crippen molar-refractivity contribution in [3.63, 3.8) is 0 Å². The fraction of sp³-hybridized carbons (Fsp3) is 0.875. The highest BCUT2D eigenvalue weighted by Crippen LogP contribution is 2.33. The van der Waals surface area contributed by atoms with Crippen molar-refractivity contribution in [2.75, 3.05) is 6.54 Å². The van der Waals surface area contributed by atoms with Crippen LogP contribution in [0, 0.1) is 11.8 Å². The molecule has 2 amide bonds. The summed E-state index contributed by atoms with van der Waals surface area (Å²) in [6.07, 6.45) is 6.54. The molecule has 0 bridgehead atoms. The average molecular weight is 280 g/mol. The highest BCUT2D eigenvalue weighted by atomic mass is 16.2.